The molecule has 0 radical (unpaired) electrons. The van der Waals surface area contributed by atoms with Gasteiger partial charge in [0.2, 0.25) is 11.8 Å². The summed E-state index contributed by atoms with van der Waals surface area (Å²) in [5, 5.41) is 2.52. The first-order valence-corrected chi connectivity index (χ1v) is 4.53. The topological polar surface area (TPSA) is 46.2 Å². The Kier molecular flexibility index (Phi) is 2.54. The number of amides is 2. The average molecular weight is 173 g/mol. The smallest absolute Gasteiger partial charge is 0.240 e. The number of rotatable bonds is 2. The summed E-state index contributed by atoms with van der Waals surface area (Å²) in [5.41, 5.74) is 0. The summed E-state index contributed by atoms with van der Waals surface area (Å²) in [6, 6.07) is 0. The standard InChI is InChI=1S/C7H11NO2S/c1-4(2)11-5-3-6(9)8-7(5)10/h4-5H,3H2,1-2H3,(H,8,9,10). The van der Waals surface area contributed by atoms with E-state index < -0.39 is 0 Å². The van der Waals surface area contributed by atoms with Gasteiger partial charge >= 0.3 is 0 Å². The molecule has 0 aliphatic carbocycles. The summed E-state index contributed by atoms with van der Waals surface area (Å²) in [7, 11) is 0. The van der Waals surface area contributed by atoms with Gasteiger partial charge in [0, 0.05) is 6.42 Å². The number of nitrogens with one attached hydrogen (secondary N) is 1. The molecule has 1 heterocycles. The van der Waals surface area contributed by atoms with E-state index in [0.29, 0.717) is 11.7 Å². The van der Waals surface area contributed by atoms with Crippen LogP contribution in [-0.2, 0) is 9.59 Å². The van der Waals surface area contributed by atoms with Crippen LogP contribution in [0, 0.1) is 0 Å². The molecule has 11 heavy (non-hydrogen) atoms. The van der Waals surface area contributed by atoms with E-state index in [1.54, 1.807) is 11.8 Å². The Bertz CT molecular complexity index is 191. The highest BCUT2D eigenvalue weighted by molar-refractivity contribution is 8.01. The fourth-order valence-corrected chi connectivity index (χ4v) is 2.06. The molecule has 1 aliphatic heterocycles. The number of imide groups is 1. The molecule has 1 unspecified atom stereocenters. The molecule has 62 valence electrons. The number of carbonyl (C=O) groups excluding carboxylic acids is 2. The van der Waals surface area contributed by atoms with Crippen molar-refractivity contribution in [3.63, 3.8) is 0 Å². The van der Waals surface area contributed by atoms with E-state index in [1.807, 2.05) is 13.8 Å². The molecular weight excluding hydrogens is 162 g/mol. The van der Waals surface area contributed by atoms with Gasteiger partial charge in [0.15, 0.2) is 0 Å². The molecule has 0 spiro atoms. The van der Waals surface area contributed by atoms with Crippen LogP contribution >= 0.6 is 11.8 Å². The monoisotopic (exact) mass is 173 g/mol. The zero-order valence-electron chi connectivity index (χ0n) is 6.59. The molecule has 2 amide bonds. The van der Waals surface area contributed by atoms with Crippen LogP contribution in [0.1, 0.15) is 20.3 Å². The van der Waals surface area contributed by atoms with Gasteiger partial charge in [0.05, 0.1) is 5.25 Å². The van der Waals surface area contributed by atoms with Crippen molar-refractivity contribution in [2.45, 2.75) is 30.8 Å². The molecule has 0 aromatic carbocycles. The largest absolute Gasteiger partial charge is 0.295 e. The minimum atomic E-state index is -0.150. The summed E-state index contributed by atoms with van der Waals surface area (Å²) in [6.45, 7) is 4.03. The van der Waals surface area contributed by atoms with Crippen molar-refractivity contribution in [1.82, 2.24) is 5.32 Å². The van der Waals surface area contributed by atoms with Crippen molar-refractivity contribution in [3.8, 4) is 0 Å². The Morgan fingerprint density at radius 2 is 2.18 bits per heavy atom. The Hall–Kier alpha value is -0.510. The van der Waals surface area contributed by atoms with Gasteiger partial charge < -0.3 is 0 Å². The Morgan fingerprint density at radius 1 is 1.55 bits per heavy atom. The van der Waals surface area contributed by atoms with Crippen LogP contribution in [0.3, 0.4) is 0 Å². The minimum absolute atomic E-state index is 0.131. The molecule has 0 aromatic rings. The van der Waals surface area contributed by atoms with E-state index in [1.165, 1.54) is 0 Å². The molecule has 0 bridgehead atoms. The zero-order valence-corrected chi connectivity index (χ0v) is 7.40. The lowest BCUT2D eigenvalue weighted by atomic mass is 10.4. The predicted octanol–water partition coefficient (Wildman–Crippen LogP) is 0.543. The molecule has 1 saturated heterocycles. The maximum absolute atomic E-state index is 11.0. The summed E-state index contributed by atoms with van der Waals surface area (Å²) in [5.74, 6) is -0.276. The molecule has 1 fully saturated rings. The molecule has 3 nitrogen and oxygen atoms in total. The quantitative estimate of drug-likeness (QED) is 0.620. The van der Waals surface area contributed by atoms with Crippen LogP contribution in [0.25, 0.3) is 0 Å². The fourth-order valence-electron chi connectivity index (χ4n) is 0.968. The maximum Gasteiger partial charge on any atom is 0.240 e. The van der Waals surface area contributed by atoms with Crippen LogP contribution in [0.5, 0.6) is 0 Å². The molecule has 1 aliphatic rings. The number of hydrogen-bond donors (Lipinski definition) is 1. The van der Waals surface area contributed by atoms with Gasteiger partial charge in [0.1, 0.15) is 0 Å². The summed E-state index contributed by atoms with van der Waals surface area (Å²) < 4.78 is 0. The molecular formula is C7H11NO2S. The SMILES string of the molecule is CC(C)SC1CC(=O)NC1=O. The van der Waals surface area contributed by atoms with E-state index in [4.69, 9.17) is 0 Å². The maximum atomic E-state index is 11.0. The lowest BCUT2D eigenvalue weighted by Gasteiger charge is -2.07. The second-order valence-electron chi connectivity index (χ2n) is 2.79. The molecule has 0 saturated carbocycles. The van der Waals surface area contributed by atoms with Gasteiger partial charge in [-0.1, -0.05) is 13.8 Å². The molecule has 1 atom stereocenters. The Morgan fingerprint density at radius 3 is 2.55 bits per heavy atom. The van der Waals surface area contributed by atoms with Crippen LogP contribution in [0.4, 0.5) is 0 Å². The molecule has 0 aromatic heterocycles. The zero-order chi connectivity index (χ0) is 8.43. The van der Waals surface area contributed by atoms with Crippen LogP contribution in [-0.4, -0.2) is 22.3 Å². The van der Waals surface area contributed by atoms with E-state index in [-0.39, 0.29) is 17.1 Å². The summed E-state index contributed by atoms with van der Waals surface area (Å²) in [6.07, 6.45) is 0.349. The number of thioether (sulfide) groups is 1. The number of carbonyl (C=O) groups is 2. The van der Waals surface area contributed by atoms with Crippen molar-refractivity contribution in [2.75, 3.05) is 0 Å². The average Bonchev–Trinajstić information content (AvgIpc) is 2.09. The molecule has 4 heteroatoms. The third-order valence-corrected chi connectivity index (χ3v) is 2.62. The second kappa shape index (κ2) is 3.26. The lowest BCUT2D eigenvalue weighted by molar-refractivity contribution is -0.124. The second-order valence-corrected chi connectivity index (χ2v) is 4.57. The van der Waals surface area contributed by atoms with E-state index >= 15 is 0 Å². The Balaban J connectivity index is 2.47. The van der Waals surface area contributed by atoms with Crippen molar-refractivity contribution >= 4 is 23.6 Å². The van der Waals surface area contributed by atoms with E-state index in [2.05, 4.69) is 5.32 Å². The van der Waals surface area contributed by atoms with Gasteiger partial charge in [-0.25, -0.2) is 0 Å². The summed E-state index contributed by atoms with van der Waals surface area (Å²) in [4.78, 5) is 21.7. The van der Waals surface area contributed by atoms with Crippen LogP contribution in [0.2, 0.25) is 0 Å². The van der Waals surface area contributed by atoms with Gasteiger partial charge in [-0.15, -0.1) is 11.8 Å². The Labute approximate surface area is 69.9 Å². The number of hydrogen-bond acceptors (Lipinski definition) is 3. The van der Waals surface area contributed by atoms with Crippen molar-refractivity contribution in [2.24, 2.45) is 0 Å². The first-order chi connectivity index (χ1) is 5.09. The van der Waals surface area contributed by atoms with Gasteiger partial charge in [-0.05, 0) is 5.25 Å². The fraction of sp³-hybridized carbons (Fsp3) is 0.714. The molecule has 1 N–H and O–H groups in total. The van der Waals surface area contributed by atoms with Gasteiger partial charge in [-0.3, -0.25) is 14.9 Å². The highest BCUT2D eigenvalue weighted by Crippen LogP contribution is 2.23. The van der Waals surface area contributed by atoms with Crippen LogP contribution in [0.15, 0.2) is 0 Å². The normalized spacial score (nSPS) is 24.5. The van der Waals surface area contributed by atoms with Gasteiger partial charge in [-0.2, -0.15) is 0 Å². The predicted molar refractivity (Wildman–Crippen MR) is 44.3 cm³/mol. The summed E-state index contributed by atoms with van der Waals surface area (Å²) >= 11 is 1.54. The van der Waals surface area contributed by atoms with Crippen molar-refractivity contribution < 1.29 is 9.59 Å². The van der Waals surface area contributed by atoms with Gasteiger partial charge in [0.25, 0.3) is 0 Å². The van der Waals surface area contributed by atoms with E-state index in [9.17, 15) is 9.59 Å². The third-order valence-electron chi connectivity index (χ3n) is 1.36. The van der Waals surface area contributed by atoms with Crippen LogP contribution < -0.4 is 5.32 Å². The molecule has 1 rings (SSSR count). The van der Waals surface area contributed by atoms with Crippen molar-refractivity contribution in [3.05, 3.63) is 0 Å². The first-order valence-electron chi connectivity index (χ1n) is 3.58. The third kappa shape index (κ3) is 2.22. The van der Waals surface area contributed by atoms with E-state index in [0.717, 1.165) is 0 Å². The highest BCUT2D eigenvalue weighted by Gasteiger charge is 2.31. The first kappa shape index (κ1) is 8.59. The minimum Gasteiger partial charge on any atom is -0.295 e. The lowest BCUT2D eigenvalue weighted by Crippen LogP contribution is -2.23. The highest BCUT2D eigenvalue weighted by atomic mass is 32.2. The van der Waals surface area contributed by atoms with Crippen molar-refractivity contribution in [1.29, 1.82) is 0 Å².